The number of halogens is 7. The number of hydrogen-bond donors (Lipinski definition) is 3. The molecule has 0 saturated carbocycles. The Hall–Kier alpha value is 1.85. The van der Waals surface area contributed by atoms with Crippen molar-refractivity contribution in [2.75, 3.05) is 0 Å². The first-order chi connectivity index (χ1) is 8.92. The molecule has 114 valence electrons. The number of phenolic OH excluding ortho intramolecular Hbond substituents is 1. The summed E-state index contributed by atoms with van der Waals surface area (Å²) in [4.78, 5) is -2.49. The van der Waals surface area contributed by atoms with Gasteiger partial charge in [-0.1, -0.05) is 11.6 Å². The third kappa shape index (κ3) is 4.03. The van der Waals surface area contributed by atoms with Crippen LogP contribution in [0, 0.1) is 0 Å². The third-order valence-corrected chi connectivity index (χ3v) is 7.77. The van der Waals surface area contributed by atoms with E-state index in [1.54, 1.807) is 45.2 Å². The minimum atomic E-state index is -1.81. The lowest BCUT2D eigenvalue weighted by atomic mass is 10.0. The zero-order valence-electron chi connectivity index (χ0n) is 9.30. The van der Waals surface area contributed by atoms with E-state index in [0.29, 0.717) is 0 Å². The largest absolute Gasteiger partial charge is 0.507 e. The lowest BCUT2D eigenvalue weighted by Crippen LogP contribution is -2.29. The second kappa shape index (κ2) is 7.17. The average molecular weight is 606 g/mol. The second-order valence-electron chi connectivity index (χ2n) is 3.80. The molecule has 0 spiro atoms. The van der Waals surface area contributed by atoms with Crippen molar-refractivity contribution >= 4 is 103 Å². The average Bonchev–Trinajstić information content (AvgIpc) is 2.30. The van der Waals surface area contributed by atoms with Gasteiger partial charge in [0.05, 0.1) is 0 Å². The predicted octanol–water partition coefficient (Wildman–Crippen LogP) is 4.81. The van der Waals surface area contributed by atoms with E-state index in [9.17, 15) is 15.3 Å². The molecule has 3 N–H and O–H groups in total. The first-order valence-corrected chi connectivity index (χ1v) is 9.12. The minimum absolute atomic E-state index is 0.0559. The molecule has 0 fully saturated rings. The molecular formula is C10H7Cl5I2O3. The molecule has 0 aliphatic heterocycles. The van der Waals surface area contributed by atoms with Crippen LogP contribution in [0.4, 0.5) is 0 Å². The van der Waals surface area contributed by atoms with E-state index < -0.39 is 22.6 Å². The first kappa shape index (κ1) is 19.9. The van der Waals surface area contributed by atoms with Crippen molar-refractivity contribution in [3.63, 3.8) is 0 Å². The van der Waals surface area contributed by atoms with Crippen LogP contribution in [-0.2, 0) is 7.22 Å². The fourth-order valence-electron chi connectivity index (χ4n) is 1.37. The SMILES string of the molecule is Oc1c(C(O)(I)C(Cl)Cl)cc(Cl)cc1C(O)(I)C(Cl)Cl. The number of aromatic hydroxyl groups is 1. The topological polar surface area (TPSA) is 60.7 Å². The molecule has 10 heteroatoms. The van der Waals surface area contributed by atoms with Gasteiger partial charge in [0.1, 0.15) is 15.4 Å². The van der Waals surface area contributed by atoms with E-state index in [-0.39, 0.29) is 16.1 Å². The fraction of sp³-hybridized carbons (Fsp3) is 0.400. The summed E-state index contributed by atoms with van der Waals surface area (Å²) in [7, 11) is 0. The van der Waals surface area contributed by atoms with Crippen LogP contribution in [0.2, 0.25) is 5.02 Å². The van der Waals surface area contributed by atoms with E-state index in [1.807, 2.05) is 0 Å². The molecule has 0 aliphatic carbocycles. The maximum atomic E-state index is 10.3. The number of phenols is 1. The monoisotopic (exact) mass is 604 g/mol. The number of rotatable bonds is 4. The summed E-state index contributed by atoms with van der Waals surface area (Å²) >= 11 is 31.8. The summed E-state index contributed by atoms with van der Waals surface area (Å²) in [6.07, 6.45) is 0. The zero-order chi connectivity index (χ0) is 15.9. The van der Waals surface area contributed by atoms with Crippen LogP contribution in [0.15, 0.2) is 12.1 Å². The predicted molar refractivity (Wildman–Crippen MR) is 99.9 cm³/mol. The second-order valence-corrected chi connectivity index (χ2v) is 9.72. The highest BCUT2D eigenvalue weighted by Gasteiger charge is 2.42. The van der Waals surface area contributed by atoms with Gasteiger partial charge in [0, 0.05) is 16.1 Å². The highest BCUT2D eigenvalue weighted by molar-refractivity contribution is 14.1. The Balaban J connectivity index is 3.57. The standard InChI is InChI=1S/C10H7Cl5I2O3/c11-3-1-4(9(16,19)7(12)13)6(18)5(2-3)10(17,20)8(14)15/h1-2,7-8,18-20H. The Morgan fingerprint density at radius 2 is 1.20 bits per heavy atom. The van der Waals surface area contributed by atoms with Crippen LogP contribution in [-0.4, -0.2) is 25.0 Å². The van der Waals surface area contributed by atoms with Crippen molar-refractivity contribution in [1.82, 2.24) is 0 Å². The van der Waals surface area contributed by atoms with Gasteiger partial charge in [-0.05, 0) is 57.3 Å². The van der Waals surface area contributed by atoms with Crippen molar-refractivity contribution in [3.8, 4) is 5.75 Å². The van der Waals surface area contributed by atoms with Crippen LogP contribution in [0.3, 0.4) is 0 Å². The summed E-state index contributed by atoms with van der Waals surface area (Å²) in [5, 5.41) is 30.9. The minimum Gasteiger partial charge on any atom is -0.507 e. The van der Waals surface area contributed by atoms with Crippen LogP contribution in [0.25, 0.3) is 0 Å². The molecule has 0 heterocycles. The van der Waals surface area contributed by atoms with Crippen LogP contribution < -0.4 is 0 Å². The molecule has 1 rings (SSSR count). The number of benzene rings is 1. The maximum absolute atomic E-state index is 10.3. The summed E-state index contributed by atoms with van der Waals surface area (Å²) in [6, 6.07) is 2.57. The van der Waals surface area contributed by atoms with Gasteiger partial charge >= 0.3 is 0 Å². The molecule has 0 aromatic heterocycles. The van der Waals surface area contributed by atoms with E-state index in [2.05, 4.69) is 0 Å². The normalized spacial score (nSPS) is 18.1. The number of aliphatic hydroxyl groups is 2. The molecule has 2 atom stereocenters. The van der Waals surface area contributed by atoms with Gasteiger partial charge in [0.25, 0.3) is 0 Å². The molecule has 0 bridgehead atoms. The quantitative estimate of drug-likeness (QED) is 0.341. The van der Waals surface area contributed by atoms with E-state index in [0.717, 1.165) is 0 Å². The van der Waals surface area contributed by atoms with Gasteiger partial charge in [0.2, 0.25) is 0 Å². The molecule has 0 radical (unpaired) electrons. The van der Waals surface area contributed by atoms with Crippen molar-refractivity contribution in [3.05, 3.63) is 28.3 Å². The lowest BCUT2D eigenvalue weighted by molar-refractivity contribution is 0.158. The molecule has 1 aromatic rings. The molecule has 1 aromatic carbocycles. The van der Waals surface area contributed by atoms with E-state index in [1.165, 1.54) is 12.1 Å². The third-order valence-electron chi connectivity index (χ3n) is 2.41. The highest BCUT2D eigenvalue weighted by Crippen LogP contribution is 2.49. The van der Waals surface area contributed by atoms with Gasteiger partial charge in [-0.3, -0.25) is 0 Å². The molecule has 2 unspecified atom stereocenters. The van der Waals surface area contributed by atoms with E-state index in [4.69, 9.17) is 58.0 Å². The smallest absolute Gasteiger partial charge is 0.174 e. The first-order valence-electron chi connectivity index (χ1n) is 4.84. The van der Waals surface area contributed by atoms with Gasteiger partial charge < -0.3 is 15.3 Å². The van der Waals surface area contributed by atoms with Crippen molar-refractivity contribution < 1.29 is 15.3 Å². The maximum Gasteiger partial charge on any atom is 0.174 e. The van der Waals surface area contributed by atoms with Gasteiger partial charge in [-0.15, -0.1) is 46.4 Å². The Morgan fingerprint density at radius 3 is 1.45 bits per heavy atom. The van der Waals surface area contributed by atoms with Gasteiger partial charge in [0.15, 0.2) is 7.22 Å². The Kier molecular flexibility index (Phi) is 7.13. The summed E-state index contributed by atoms with van der Waals surface area (Å²) in [6.45, 7) is 0. The Bertz CT molecular complexity index is 467. The summed E-state index contributed by atoms with van der Waals surface area (Å²) < 4.78 is -3.63. The van der Waals surface area contributed by atoms with Crippen LogP contribution in [0.5, 0.6) is 5.75 Å². The number of hydrogen-bond acceptors (Lipinski definition) is 3. The lowest BCUT2D eigenvalue weighted by Gasteiger charge is -2.29. The highest BCUT2D eigenvalue weighted by atomic mass is 127. The fourth-order valence-corrected chi connectivity index (χ4v) is 2.88. The molecule has 0 saturated heterocycles. The molecule has 3 nitrogen and oxygen atoms in total. The van der Waals surface area contributed by atoms with Crippen LogP contribution in [0.1, 0.15) is 11.1 Å². The van der Waals surface area contributed by atoms with Crippen LogP contribution >= 0.6 is 103 Å². The molecule has 0 amide bonds. The summed E-state index contributed by atoms with van der Waals surface area (Å²) in [5.41, 5.74) is -0.112. The molecule has 0 aliphatic rings. The summed E-state index contributed by atoms with van der Waals surface area (Å²) in [5.74, 6) is -0.444. The van der Waals surface area contributed by atoms with Gasteiger partial charge in [-0.25, -0.2) is 0 Å². The van der Waals surface area contributed by atoms with Crippen molar-refractivity contribution in [2.45, 2.75) is 16.9 Å². The zero-order valence-corrected chi connectivity index (χ0v) is 17.4. The van der Waals surface area contributed by atoms with Crippen molar-refractivity contribution in [1.29, 1.82) is 0 Å². The Morgan fingerprint density at radius 1 is 0.900 bits per heavy atom. The molecule has 20 heavy (non-hydrogen) atoms. The van der Waals surface area contributed by atoms with E-state index >= 15 is 0 Å². The Labute approximate surface area is 167 Å². The number of alkyl halides is 6. The molecular weight excluding hydrogens is 599 g/mol. The van der Waals surface area contributed by atoms with Gasteiger partial charge in [-0.2, -0.15) is 0 Å². The van der Waals surface area contributed by atoms with Crippen molar-refractivity contribution in [2.24, 2.45) is 0 Å².